The molecule has 2 aromatic rings. The molecule has 0 saturated heterocycles. The number of nitrogens with zero attached hydrogens (tertiary/aromatic N) is 3. The molecule has 0 spiro atoms. The Morgan fingerprint density at radius 2 is 2.20 bits per heavy atom. The SMILES string of the molecule is Cc1noc(C)c1CC(=O)NC[C@H]1CCc2nc(C(F)(F)F)cn2C1. The van der Waals surface area contributed by atoms with Crippen molar-refractivity contribution in [1.29, 1.82) is 0 Å². The number of carbonyl (C=O) groups excluding carboxylic acids is 1. The first-order valence-corrected chi connectivity index (χ1v) is 8.05. The molecule has 0 bridgehead atoms. The van der Waals surface area contributed by atoms with Crippen LogP contribution >= 0.6 is 0 Å². The second-order valence-electron chi connectivity index (χ2n) is 6.38. The van der Waals surface area contributed by atoms with Crippen molar-refractivity contribution in [1.82, 2.24) is 20.0 Å². The molecule has 136 valence electrons. The molecule has 0 fully saturated rings. The Hall–Kier alpha value is -2.32. The maximum Gasteiger partial charge on any atom is 0.434 e. The molecular weight excluding hydrogens is 337 g/mol. The molecule has 1 amide bonds. The van der Waals surface area contributed by atoms with E-state index in [-0.39, 0.29) is 18.2 Å². The number of fused-ring (bicyclic) bond motifs is 1. The highest BCUT2D eigenvalue weighted by Crippen LogP contribution is 2.30. The van der Waals surface area contributed by atoms with Crippen molar-refractivity contribution >= 4 is 5.91 Å². The van der Waals surface area contributed by atoms with Gasteiger partial charge >= 0.3 is 6.18 Å². The molecule has 0 aliphatic carbocycles. The summed E-state index contributed by atoms with van der Waals surface area (Å²) < 4.78 is 44.7. The first kappa shape index (κ1) is 17.5. The summed E-state index contributed by atoms with van der Waals surface area (Å²) in [5.41, 5.74) is 0.603. The average molecular weight is 356 g/mol. The minimum Gasteiger partial charge on any atom is -0.361 e. The molecule has 25 heavy (non-hydrogen) atoms. The zero-order valence-corrected chi connectivity index (χ0v) is 14.0. The number of carbonyl (C=O) groups is 1. The van der Waals surface area contributed by atoms with E-state index in [1.165, 1.54) is 4.57 Å². The number of nitrogens with one attached hydrogen (secondary N) is 1. The van der Waals surface area contributed by atoms with Crippen LogP contribution in [0.1, 0.15) is 35.0 Å². The maximum absolute atomic E-state index is 12.7. The van der Waals surface area contributed by atoms with Gasteiger partial charge in [-0.3, -0.25) is 4.79 Å². The summed E-state index contributed by atoms with van der Waals surface area (Å²) in [4.78, 5) is 15.7. The zero-order valence-electron chi connectivity index (χ0n) is 14.0. The molecule has 0 radical (unpaired) electrons. The summed E-state index contributed by atoms with van der Waals surface area (Å²) in [6.45, 7) is 4.37. The molecule has 1 atom stereocenters. The number of aryl methyl sites for hydroxylation is 3. The van der Waals surface area contributed by atoms with Gasteiger partial charge in [-0.25, -0.2) is 4.98 Å². The number of alkyl halides is 3. The minimum atomic E-state index is -4.43. The van der Waals surface area contributed by atoms with Gasteiger partial charge in [-0.2, -0.15) is 13.2 Å². The Labute approximate surface area is 142 Å². The van der Waals surface area contributed by atoms with Gasteiger partial charge in [0.2, 0.25) is 5.91 Å². The van der Waals surface area contributed by atoms with Crippen LogP contribution in [0.3, 0.4) is 0 Å². The summed E-state index contributed by atoms with van der Waals surface area (Å²) >= 11 is 0. The van der Waals surface area contributed by atoms with Gasteiger partial charge < -0.3 is 14.4 Å². The fraction of sp³-hybridized carbons (Fsp3) is 0.562. The van der Waals surface area contributed by atoms with Crippen molar-refractivity contribution in [2.75, 3.05) is 6.54 Å². The van der Waals surface area contributed by atoms with E-state index in [0.717, 1.165) is 11.8 Å². The molecule has 1 aliphatic heterocycles. The van der Waals surface area contributed by atoms with Gasteiger partial charge in [0, 0.05) is 31.3 Å². The summed E-state index contributed by atoms with van der Waals surface area (Å²) in [5.74, 6) is 0.997. The quantitative estimate of drug-likeness (QED) is 0.913. The molecule has 6 nitrogen and oxygen atoms in total. The van der Waals surface area contributed by atoms with Crippen molar-refractivity contribution in [2.45, 2.75) is 45.8 Å². The highest BCUT2D eigenvalue weighted by Gasteiger charge is 2.35. The van der Waals surface area contributed by atoms with Crippen LogP contribution in [0.5, 0.6) is 0 Å². The van der Waals surface area contributed by atoms with E-state index in [9.17, 15) is 18.0 Å². The predicted octanol–water partition coefficient (Wildman–Crippen LogP) is 2.43. The van der Waals surface area contributed by atoms with Gasteiger partial charge in [0.1, 0.15) is 11.6 Å². The lowest BCUT2D eigenvalue weighted by Crippen LogP contribution is -2.34. The smallest absolute Gasteiger partial charge is 0.361 e. The number of rotatable bonds is 4. The third kappa shape index (κ3) is 3.85. The van der Waals surface area contributed by atoms with Gasteiger partial charge in [0.25, 0.3) is 0 Å². The van der Waals surface area contributed by atoms with Crippen molar-refractivity contribution < 1.29 is 22.5 Å². The molecule has 9 heteroatoms. The lowest BCUT2D eigenvalue weighted by Gasteiger charge is -2.23. The van der Waals surface area contributed by atoms with Gasteiger partial charge in [-0.15, -0.1) is 0 Å². The Bertz CT molecular complexity index is 759. The van der Waals surface area contributed by atoms with Crippen LogP contribution in [-0.2, 0) is 30.4 Å². The normalized spacial score (nSPS) is 17.4. The van der Waals surface area contributed by atoms with Crippen LogP contribution in [0.4, 0.5) is 13.2 Å². The lowest BCUT2D eigenvalue weighted by atomic mass is 9.99. The van der Waals surface area contributed by atoms with Gasteiger partial charge in [-0.05, 0) is 26.2 Å². The van der Waals surface area contributed by atoms with Crippen LogP contribution in [0.2, 0.25) is 0 Å². The number of aromatic nitrogens is 3. The van der Waals surface area contributed by atoms with Crippen molar-refractivity contribution in [2.24, 2.45) is 5.92 Å². The van der Waals surface area contributed by atoms with E-state index >= 15 is 0 Å². The van der Waals surface area contributed by atoms with E-state index in [1.54, 1.807) is 13.8 Å². The van der Waals surface area contributed by atoms with Crippen LogP contribution in [0.15, 0.2) is 10.7 Å². The first-order chi connectivity index (χ1) is 11.7. The van der Waals surface area contributed by atoms with Crippen molar-refractivity contribution in [3.8, 4) is 0 Å². The van der Waals surface area contributed by atoms with E-state index in [0.29, 0.717) is 43.2 Å². The number of halogens is 3. The number of hydrogen-bond acceptors (Lipinski definition) is 4. The summed E-state index contributed by atoms with van der Waals surface area (Å²) in [7, 11) is 0. The Kier molecular flexibility index (Phi) is 4.57. The standard InChI is InChI=1S/C16H19F3N4O2/c1-9-12(10(2)25-22-9)5-15(24)20-6-11-3-4-14-21-13(16(17,18)19)8-23(14)7-11/h8,11H,3-7H2,1-2H3,(H,20,24)/t11-/m1/s1. The predicted molar refractivity (Wildman–Crippen MR) is 81.7 cm³/mol. The molecule has 1 aliphatic rings. The molecule has 1 N–H and O–H groups in total. The largest absolute Gasteiger partial charge is 0.434 e. The number of hydrogen-bond donors (Lipinski definition) is 1. The molecule has 0 unspecified atom stereocenters. The van der Waals surface area contributed by atoms with Crippen molar-refractivity contribution in [3.05, 3.63) is 34.7 Å². The highest BCUT2D eigenvalue weighted by molar-refractivity contribution is 5.78. The second-order valence-corrected chi connectivity index (χ2v) is 6.38. The second kappa shape index (κ2) is 6.53. The zero-order chi connectivity index (χ0) is 18.2. The number of amides is 1. The maximum atomic E-state index is 12.7. The third-order valence-electron chi connectivity index (χ3n) is 4.49. The molecule has 2 aromatic heterocycles. The van der Waals surface area contributed by atoms with Crippen molar-refractivity contribution in [3.63, 3.8) is 0 Å². The minimum absolute atomic E-state index is 0.0800. The first-order valence-electron chi connectivity index (χ1n) is 8.05. The van der Waals surface area contributed by atoms with Gasteiger partial charge in [0.15, 0.2) is 5.69 Å². The molecule has 0 saturated carbocycles. The molecule has 3 heterocycles. The monoisotopic (exact) mass is 356 g/mol. The third-order valence-corrected chi connectivity index (χ3v) is 4.49. The Balaban J connectivity index is 1.55. The van der Waals surface area contributed by atoms with Gasteiger partial charge in [-0.1, -0.05) is 5.16 Å². The summed E-state index contributed by atoms with van der Waals surface area (Å²) in [6, 6.07) is 0. The average Bonchev–Trinajstić information content (AvgIpc) is 3.10. The summed E-state index contributed by atoms with van der Waals surface area (Å²) in [6.07, 6.45) is -2.03. The Morgan fingerprint density at radius 1 is 1.44 bits per heavy atom. The van der Waals surface area contributed by atoms with E-state index in [4.69, 9.17) is 4.52 Å². The van der Waals surface area contributed by atoms with Crippen LogP contribution in [-0.4, -0.2) is 27.2 Å². The van der Waals surface area contributed by atoms with E-state index in [1.807, 2.05) is 0 Å². The van der Waals surface area contributed by atoms with Crippen LogP contribution in [0.25, 0.3) is 0 Å². The fourth-order valence-electron chi connectivity index (χ4n) is 3.05. The summed E-state index contributed by atoms with van der Waals surface area (Å²) in [5, 5.41) is 6.66. The highest BCUT2D eigenvalue weighted by atomic mass is 19.4. The molecule has 3 rings (SSSR count). The van der Waals surface area contributed by atoms with Gasteiger partial charge in [0.05, 0.1) is 12.1 Å². The number of imidazole rings is 1. The van der Waals surface area contributed by atoms with E-state index < -0.39 is 11.9 Å². The van der Waals surface area contributed by atoms with E-state index in [2.05, 4.69) is 15.5 Å². The lowest BCUT2D eigenvalue weighted by molar-refractivity contribution is -0.141. The van der Waals surface area contributed by atoms with Crippen LogP contribution in [0, 0.1) is 19.8 Å². The topological polar surface area (TPSA) is 73.0 Å². The molecular formula is C16H19F3N4O2. The fourth-order valence-corrected chi connectivity index (χ4v) is 3.05. The Morgan fingerprint density at radius 3 is 2.84 bits per heavy atom. The molecule has 0 aromatic carbocycles. The van der Waals surface area contributed by atoms with Crippen LogP contribution < -0.4 is 5.32 Å².